The van der Waals surface area contributed by atoms with Crippen molar-refractivity contribution < 1.29 is 30.3 Å². The van der Waals surface area contributed by atoms with Gasteiger partial charge in [-0.3, -0.25) is 4.79 Å². The highest BCUT2D eigenvalue weighted by Crippen LogP contribution is 2.12. The van der Waals surface area contributed by atoms with Gasteiger partial charge in [-0.1, -0.05) is 28.1 Å². The van der Waals surface area contributed by atoms with Crippen LogP contribution in [0, 0.1) is 0 Å². The second kappa shape index (κ2) is 9.31. The first-order chi connectivity index (χ1) is 10.8. The summed E-state index contributed by atoms with van der Waals surface area (Å²) in [5.74, 6) is -0.268. The van der Waals surface area contributed by atoms with E-state index in [1.165, 1.54) is 11.9 Å². The molecule has 1 amide bonds. The molecule has 1 rings (SSSR count). The van der Waals surface area contributed by atoms with Crippen LogP contribution in [-0.4, -0.2) is 81.0 Å². The molecule has 0 aliphatic rings. The molecule has 8 heteroatoms. The van der Waals surface area contributed by atoms with E-state index < -0.39 is 31.0 Å². The number of rotatable bonds is 8. The third kappa shape index (κ3) is 6.17. The first-order valence-corrected chi connectivity index (χ1v) is 7.87. The summed E-state index contributed by atoms with van der Waals surface area (Å²) >= 11 is 3.30. The van der Waals surface area contributed by atoms with Crippen molar-refractivity contribution in [3.05, 3.63) is 34.3 Å². The van der Waals surface area contributed by atoms with Crippen molar-refractivity contribution in [2.75, 3.05) is 20.2 Å². The number of halogens is 1. The van der Waals surface area contributed by atoms with Crippen molar-refractivity contribution in [1.29, 1.82) is 0 Å². The summed E-state index contributed by atoms with van der Waals surface area (Å²) in [5, 5.41) is 47.1. The summed E-state index contributed by atoms with van der Waals surface area (Å²) in [6, 6.07) is 7.21. The molecule has 0 heterocycles. The predicted octanol–water partition coefficient (Wildman–Crippen LogP) is -1.11. The van der Waals surface area contributed by atoms with E-state index in [1.807, 2.05) is 12.1 Å². The minimum Gasteiger partial charge on any atom is -0.394 e. The Bertz CT molecular complexity index is 497. The highest BCUT2D eigenvalue weighted by atomic mass is 79.9. The monoisotopic (exact) mass is 391 g/mol. The van der Waals surface area contributed by atoms with Crippen LogP contribution in [0.1, 0.15) is 5.56 Å². The summed E-state index contributed by atoms with van der Waals surface area (Å²) < 4.78 is 0.900. The molecule has 0 radical (unpaired) electrons. The zero-order valence-electron chi connectivity index (χ0n) is 12.7. The van der Waals surface area contributed by atoms with Gasteiger partial charge in [0.25, 0.3) is 0 Å². The molecule has 0 aliphatic carbocycles. The van der Waals surface area contributed by atoms with Gasteiger partial charge in [-0.2, -0.15) is 0 Å². The van der Waals surface area contributed by atoms with Crippen molar-refractivity contribution in [2.24, 2.45) is 0 Å². The van der Waals surface area contributed by atoms with E-state index in [2.05, 4.69) is 15.9 Å². The van der Waals surface area contributed by atoms with Crippen molar-refractivity contribution in [3.63, 3.8) is 0 Å². The van der Waals surface area contributed by atoms with Crippen LogP contribution in [-0.2, 0) is 11.2 Å². The third-order valence-corrected chi connectivity index (χ3v) is 4.01. The largest absolute Gasteiger partial charge is 0.394 e. The molecule has 4 unspecified atom stereocenters. The van der Waals surface area contributed by atoms with Crippen molar-refractivity contribution in [2.45, 2.75) is 30.8 Å². The maximum Gasteiger partial charge on any atom is 0.226 e. The highest BCUT2D eigenvalue weighted by molar-refractivity contribution is 9.10. The molecule has 7 nitrogen and oxygen atoms in total. The lowest BCUT2D eigenvalue weighted by molar-refractivity contribution is -0.137. The van der Waals surface area contributed by atoms with Gasteiger partial charge in [0.15, 0.2) is 0 Å². The molecule has 1 aromatic rings. The quantitative estimate of drug-likeness (QED) is 0.383. The van der Waals surface area contributed by atoms with Crippen LogP contribution in [0.4, 0.5) is 0 Å². The van der Waals surface area contributed by atoms with Crippen LogP contribution in [0.2, 0.25) is 0 Å². The van der Waals surface area contributed by atoms with E-state index in [1.54, 1.807) is 12.1 Å². The molecule has 0 bridgehead atoms. The van der Waals surface area contributed by atoms with Gasteiger partial charge in [0, 0.05) is 18.1 Å². The normalized spacial score (nSPS) is 16.5. The lowest BCUT2D eigenvalue weighted by Crippen LogP contribution is -2.50. The van der Waals surface area contributed by atoms with Crippen LogP contribution < -0.4 is 0 Å². The Morgan fingerprint density at radius 2 is 1.61 bits per heavy atom. The summed E-state index contributed by atoms with van der Waals surface area (Å²) in [6.45, 7) is -0.963. The molecule has 0 saturated carbocycles. The Morgan fingerprint density at radius 3 is 2.13 bits per heavy atom. The van der Waals surface area contributed by atoms with Gasteiger partial charge >= 0.3 is 0 Å². The number of carbonyl (C=O) groups is 1. The Morgan fingerprint density at radius 1 is 1.09 bits per heavy atom. The second-order valence-electron chi connectivity index (χ2n) is 5.38. The minimum absolute atomic E-state index is 0.133. The Labute approximate surface area is 142 Å². The van der Waals surface area contributed by atoms with Crippen LogP contribution >= 0.6 is 15.9 Å². The molecule has 4 atom stereocenters. The first kappa shape index (κ1) is 20.0. The Hall–Kier alpha value is -1.03. The molecule has 0 aliphatic heterocycles. The van der Waals surface area contributed by atoms with E-state index in [4.69, 9.17) is 5.11 Å². The van der Waals surface area contributed by atoms with Gasteiger partial charge in [0.05, 0.1) is 13.0 Å². The van der Waals surface area contributed by atoms with Gasteiger partial charge in [-0.05, 0) is 17.7 Å². The number of likely N-dealkylation sites (N-methyl/N-ethyl adjacent to an activating group) is 1. The van der Waals surface area contributed by atoms with Gasteiger partial charge in [-0.15, -0.1) is 0 Å². The fourth-order valence-corrected chi connectivity index (χ4v) is 2.23. The van der Waals surface area contributed by atoms with E-state index in [9.17, 15) is 25.2 Å². The summed E-state index contributed by atoms with van der Waals surface area (Å²) in [6.07, 6.45) is -6.27. The van der Waals surface area contributed by atoms with Crippen LogP contribution in [0.5, 0.6) is 0 Å². The molecular weight excluding hydrogens is 370 g/mol. The van der Waals surface area contributed by atoms with E-state index in [0.29, 0.717) is 0 Å². The summed E-state index contributed by atoms with van der Waals surface area (Å²) in [4.78, 5) is 13.3. The van der Waals surface area contributed by atoms with Gasteiger partial charge < -0.3 is 30.4 Å². The number of hydrogen-bond donors (Lipinski definition) is 5. The maximum atomic E-state index is 12.1. The fourth-order valence-electron chi connectivity index (χ4n) is 1.97. The maximum absolute atomic E-state index is 12.1. The Balaban J connectivity index is 2.55. The van der Waals surface area contributed by atoms with E-state index in [0.717, 1.165) is 10.0 Å². The zero-order valence-corrected chi connectivity index (χ0v) is 14.3. The van der Waals surface area contributed by atoms with Gasteiger partial charge in [-0.25, -0.2) is 0 Å². The third-order valence-electron chi connectivity index (χ3n) is 3.48. The number of aliphatic hydroxyl groups excluding tert-OH is 5. The lowest BCUT2D eigenvalue weighted by Gasteiger charge is -2.28. The SMILES string of the molecule is CN(CC(O)C(O)C(O)C(O)CO)C(=O)Cc1ccc(Br)cc1. The smallest absolute Gasteiger partial charge is 0.226 e. The molecule has 0 saturated heterocycles. The first-order valence-electron chi connectivity index (χ1n) is 7.07. The van der Waals surface area contributed by atoms with Gasteiger partial charge in [0.2, 0.25) is 5.91 Å². The fraction of sp³-hybridized carbons (Fsp3) is 0.533. The number of aliphatic hydroxyl groups is 5. The standard InChI is InChI=1S/C15H22BrNO6/c1-17(7-11(19)14(22)15(23)12(20)8-18)13(21)6-9-2-4-10(16)5-3-9/h2-5,11-12,14-15,18-20,22-23H,6-8H2,1H3. The van der Waals surface area contributed by atoms with Crippen LogP contribution in [0.25, 0.3) is 0 Å². The van der Waals surface area contributed by atoms with Gasteiger partial charge in [0.1, 0.15) is 24.4 Å². The average Bonchev–Trinajstić information content (AvgIpc) is 2.54. The molecule has 0 spiro atoms. The molecule has 0 aromatic heterocycles. The van der Waals surface area contributed by atoms with Crippen molar-refractivity contribution >= 4 is 21.8 Å². The minimum atomic E-state index is -1.70. The summed E-state index contributed by atoms with van der Waals surface area (Å²) in [7, 11) is 1.46. The molecule has 130 valence electrons. The number of nitrogens with zero attached hydrogens (tertiary/aromatic N) is 1. The van der Waals surface area contributed by atoms with E-state index in [-0.39, 0.29) is 18.9 Å². The number of benzene rings is 1. The van der Waals surface area contributed by atoms with Crippen molar-refractivity contribution in [3.8, 4) is 0 Å². The van der Waals surface area contributed by atoms with Crippen LogP contribution in [0.3, 0.4) is 0 Å². The Kier molecular flexibility index (Phi) is 8.10. The average molecular weight is 392 g/mol. The molecule has 1 aromatic carbocycles. The van der Waals surface area contributed by atoms with E-state index >= 15 is 0 Å². The zero-order chi connectivity index (χ0) is 17.6. The molecule has 5 N–H and O–H groups in total. The summed E-state index contributed by atoms with van der Waals surface area (Å²) in [5.41, 5.74) is 0.802. The molecular formula is C15H22BrNO6. The number of carbonyl (C=O) groups excluding carboxylic acids is 1. The van der Waals surface area contributed by atoms with Crippen LogP contribution in [0.15, 0.2) is 28.7 Å². The molecule has 23 heavy (non-hydrogen) atoms. The second-order valence-corrected chi connectivity index (χ2v) is 6.29. The number of hydrogen-bond acceptors (Lipinski definition) is 6. The topological polar surface area (TPSA) is 121 Å². The molecule has 0 fully saturated rings. The highest BCUT2D eigenvalue weighted by Gasteiger charge is 2.31. The lowest BCUT2D eigenvalue weighted by atomic mass is 10.0. The van der Waals surface area contributed by atoms with Crippen molar-refractivity contribution in [1.82, 2.24) is 4.90 Å². The number of amides is 1. The predicted molar refractivity (Wildman–Crippen MR) is 86.6 cm³/mol.